The number of para-hydroxylation sites is 4. The van der Waals surface area contributed by atoms with Gasteiger partial charge in [-0.2, -0.15) is 0 Å². The maximum absolute atomic E-state index is 13.3. The molecule has 6 aromatic carbocycles. The molecule has 740 valence electrons. The van der Waals surface area contributed by atoms with E-state index in [9.17, 15) is 115 Å². The van der Waals surface area contributed by atoms with Crippen LogP contribution in [0.25, 0.3) is 11.1 Å². The van der Waals surface area contributed by atoms with Gasteiger partial charge in [0.2, 0.25) is 38.2 Å². The van der Waals surface area contributed by atoms with Crippen molar-refractivity contribution in [2.24, 2.45) is 7.05 Å². The number of nitrogens with zero attached hydrogens (tertiary/aromatic N) is 4. The van der Waals surface area contributed by atoms with Crippen LogP contribution in [-0.2, 0) is 131 Å². The smallest absolute Gasteiger partial charge is 0.431 e. The molecule has 0 amide bonds. The standard InChI is InChI=1S/C25H27NO10P2.C24H25NO10P2.C19H23NO10P2.C18H21NO10P2/c1-18(2)33-24(27)34-22-13-7-6-12-21(22)23-35-37(29,30)25(28,38(31,32)36-23)15-20-11-8-14-26(17-20)16-19-9-4-3-5-10-19;1-17(2)32-23(26)33-21-11-7-6-10-20(21)22-34-36(28,29)24(27,37(30,31)35-22)16-25-14-12-19(13-15-25)18-8-4-3-5-9-18;1-13(2)27-18(21)28-16-9-5-4-8-15(16)17-29-31(23,24)19(22,32(25,26)30-17)11-14-7-6-10-20(3)12-14;1-13(2)26-17(20)27-15-9-5-4-8-14(15)16-28-30(22,23)18(21,31(24,25)29-16)12-19-10-6-3-7-11-19/h3-14,17-18,23,28H,15-16H2,1-2H3,(H-,29,30,31,32);3-15,17,22,27H,16H2,1-2H3,(H-,28,29,30,31);4-10,12-13,17,22H,11H2,1-3H3,(H-,23,24,25,26);3-11,13,16,21H,12H2,1-2H3,(H-,22,23,24,25)/p+4. The number of ether oxygens (including phenoxy) is 8. The van der Waals surface area contributed by atoms with Crippen LogP contribution in [0.5, 0.6) is 23.0 Å². The molecule has 12 N–H and O–H groups in total. The molecule has 10 aromatic rings. The average Bonchev–Trinajstić information content (AvgIpc) is 0.737. The number of hydrogen-bond donors (Lipinski definition) is 12. The van der Waals surface area contributed by atoms with Crippen LogP contribution in [0.1, 0.15) is 119 Å². The highest BCUT2D eigenvalue weighted by Gasteiger charge is 2.73. The van der Waals surface area contributed by atoms with E-state index in [1.54, 1.807) is 133 Å². The number of benzene rings is 6. The van der Waals surface area contributed by atoms with E-state index in [2.05, 4.69) is 0 Å². The molecular formula is C86H100N4O40P8+4. The Morgan fingerprint density at radius 3 is 0.855 bits per heavy atom. The van der Waals surface area contributed by atoms with Crippen molar-refractivity contribution in [3.05, 3.63) is 301 Å². The number of carbonyl (C=O) groups excluding carboxylic acids is 4. The molecule has 0 saturated carbocycles. The van der Waals surface area contributed by atoms with Crippen LogP contribution in [0.4, 0.5) is 19.2 Å². The summed E-state index contributed by atoms with van der Waals surface area (Å²) in [6.45, 7) is 11.8. The van der Waals surface area contributed by atoms with Gasteiger partial charge in [-0.3, -0.25) is 72.7 Å². The van der Waals surface area contributed by atoms with Gasteiger partial charge in [0, 0.05) is 65.9 Å². The third-order valence-corrected chi connectivity index (χ3v) is 38.2. The molecular weight excluding hydrogens is 1980 g/mol. The normalized spacial score (nSPS) is 28.8. The summed E-state index contributed by atoms with van der Waals surface area (Å²) < 4.78 is 191. The number of aryl methyl sites for hydroxylation is 1. The first kappa shape index (κ1) is 108. The molecule has 8 atom stereocenters. The Labute approximate surface area is 788 Å². The highest BCUT2D eigenvalue weighted by atomic mass is 31.3. The Morgan fingerprint density at radius 2 is 0.543 bits per heavy atom. The maximum Gasteiger partial charge on any atom is 0.514 e. The summed E-state index contributed by atoms with van der Waals surface area (Å²) in [5.41, 5.74) is 2.82. The topological polar surface area (TPSA) is 611 Å². The maximum atomic E-state index is 13.3. The summed E-state index contributed by atoms with van der Waals surface area (Å²) in [6, 6.07) is 55.7. The van der Waals surface area contributed by atoms with Gasteiger partial charge in [0.25, 0.3) is 10.2 Å². The van der Waals surface area contributed by atoms with Crippen molar-refractivity contribution in [3.63, 3.8) is 0 Å². The Kier molecular flexibility index (Phi) is 34.9. The van der Waals surface area contributed by atoms with E-state index >= 15 is 0 Å². The molecule has 4 aliphatic heterocycles. The predicted octanol–water partition coefficient (Wildman–Crippen LogP) is 14.0. The fraction of sp³-hybridized carbons (Fsp3) is 0.302. The fourth-order valence-corrected chi connectivity index (χ4v) is 27.3. The van der Waals surface area contributed by atoms with Crippen LogP contribution >= 0.6 is 60.8 Å². The first-order chi connectivity index (χ1) is 64.6. The molecule has 0 spiro atoms. The zero-order valence-electron chi connectivity index (χ0n) is 74.6. The third-order valence-electron chi connectivity index (χ3n) is 19.9. The molecule has 4 aliphatic rings. The second-order valence-electron chi connectivity index (χ2n) is 31.9. The summed E-state index contributed by atoms with van der Waals surface area (Å²) in [6.07, 6.45) is -2.77. The highest BCUT2D eigenvalue weighted by Crippen LogP contribution is 2.83. The molecule has 14 rings (SSSR count). The Hall–Kier alpha value is -9.96. The molecule has 4 saturated heterocycles. The van der Waals surface area contributed by atoms with Crippen molar-refractivity contribution in [1.29, 1.82) is 0 Å². The average molecular weight is 2080 g/mol. The van der Waals surface area contributed by atoms with Gasteiger partial charge in [0.05, 0.1) is 46.7 Å². The van der Waals surface area contributed by atoms with Gasteiger partial charge in [-0.1, -0.05) is 140 Å². The monoisotopic (exact) mass is 2080 g/mol. The van der Waals surface area contributed by atoms with Crippen LogP contribution in [0.3, 0.4) is 0 Å². The largest absolute Gasteiger partial charge is 0.514 e. The number of aromatic nitrogens is 4. The molecule has 0 bridgehead atoms. The Balaban J connectivity index is 0.000000177. The molecule has 138 heavy (non-hydrogen) atoms. The molecule has 52 heteroatoms. The predicted molar refractivity (Wildman–Crippen MR) is 479 cm³/mol. The highest BCUT2D eigenvalue weighted by molar-refractivity contribution is 7.75. The van der Waals surface area contributed by atoms with Crippen molar-refractivity contribution in [2.75, 3.05) is 0 Å². The summed E-state index contributed by atoms with van der Waals surface area (Å²) in [7, 11) is -40.0. The lowest BCUT2D eigenvalue weighted by Gasteiger charge is -2.41. The van der Waals surface area contributed by atoms with Crippen LogP contribution in [0, 0.1) is 0 Å². The van der Waals surface area contributed by atoms with E-state index in [0.717, 1.165) is 16.7 Å². The van der Waals surface area contributed by atoms with Gasteiger partial charge < -0.3 is 97.5 Å². The van der Waals surface area contributed by atoms with E-state index in [1.165, 1.54) is 149 Å². The lowest BCUT2D eigenvalue weighted by atomic mass is 10.1. The zero-order chi connectivity index (χ0) is 101. The number of pyridine rings is 4. The molecule has 8 unspecified atom stereocenters. The van der Waals surface area contributed by atoms with E-state index in [0.29, 0.717) is 17.7 Å². The van der Waals surface area contributed by atoms with Gasteiger partial charge in [-0.15, -0.1) is 0 Å². The van der Waals surface area contributed by atoms with E-state index < -0.39 is 181 Å². The van der Waals surface area contributed by atoms with Crippen molar-refractivity contribution in [1.82, 2.24) is 0 Å². The van der Waals surface area contributed by atoms with E-state index in [4.69, 9.17) is 74.1 Å². The van der Waals surface area contributed by atoms with Gasteiger partial charge in [-0.05, 0) is 103 Å². The van der Waals surface area contributed by atoms with Crippen molar-refractivity contribution in [2.45, 2.75) is 158 Å². The van der Waals surface area contributed by atoms with Gasteiger partial charge in [0.15, 0.2) is 56.1 Å². The summed E-state index contributed by atoms with van der Waals surface area (Å²) in [4.78, 5) is 132. The van der Waals surface area contributed by atoms with Gasteiger partial charge in [-0.25, -0.2) is 37.4 Å². The van der Waals surface area contributed by atoms with Crippen LogP contribution in [-0.4, -0.2) is 129 Å². The first-order valence-electron chi connectivity index (χ1n) is 41.5. The lowest BCUT2D eigenvalue weighted by Crippen LogP contribution is -2.49. The minimum absolute atomic E-state index is 0.120. The molecule has 0 aliphatic carbocycles. The third kappa shape index (κ3) is 25.9. The summed E-state index contributed by atoms with van der Waals surface area (Å²) >= 11 is 0. The van der Waals surface area contributed by atoms with Gasteiger partial charge >= 0.3 is 95.6 Å². The Morgan fingerprint density at radius 1 is 0.297 bits per heavy atom. The molecule has 4 aromatic heterocycles. The zero-order valence-corrected chi connectivity index (χ0v) is 81.8. The van der Waals surface area contributed by atoms with Crippen LogP contribution in [0.15, 0.2) is 262 Å². The number of rotatable bonds is 23. The molecule has 8 heterocycles. The molecule has 4 fully saturated rings. The summed E-state index contributed by atoms with van der Waals surface area (Å²) in [5, 5.41) is 31.2. The number of carbonyl (C=O) groups is 4. The second kappa shape index (κ2) is 44.5. The lowest BCUT2D eigenvalue weighted by molar-refractivity contribution is -0.703. The van der Waals surface area contributed by atoms with E-state index in [1.807, 2.05) is 60.7 Å². The first-order valence-corrected chi connectivity index (χ1v) is 54.1. The fourth-order valence-electron chi connectivity index (χ4n) is 13.2. The van der Waals surface area contributed by atoms with Gasteiger partial charge in [0.1, 0.15) is 30.0 Å². The summed E-state index contributed by atoms with van der Waals surface area (Å²) in [5.74, 6) is -0.724. The van der Waals surface area contributed by atoms with Crippen molar-refractivity contribution in [3.8, 4) is 34.1 Å². The minimum atomic E-state index is -5.24. The van der Waals surface area contributed by atoms with Crippen LogP contribution < -0.4 is 37.2 Å². The second-order valence-corrected chi connectivity index (χ2v) is 49.3. The number of aliphatic hydroxyl groups is 4. The minimum Gasteiger partial charge on any atom is -0.431 e. The Bertz CT molecular complexity index is 6330. The molecule has 44 nitrogen and oxygen atoms in total. The van der Waals surface area contributed by atoms with Crippen molar-refractivity contribution >= 4 is 85.4 Å². The quantitative estimate of drug-likeness (QED) is 0.00930. The number of hydrogen-bond acceptors (Lipinski definition) is 32. The van der Waals surface area contributed by atoms with Crippen molar-refractivity contribution < 1.29 is 208 Å². The SMILES string of the molecule is CC(C)OC(=O)Oc1ccccc1C1OP(=O)(O)C(O)(C[n+]2ccc(-c3ccccc3)cc2)P(=O)(O)O1.CC(C)OC(=O)Oc1ccccc1C1OP(=O)(O)C(O)(C[n+]2ccccc2)P(=O)(O)O1.CC(C)OC(=O)Oc1ccccc1C1OP(=O)(O)C(O)(Cc2ccc[n+](C)c2)P(=O)(O)O1.CC(C)OC(=O)Oc1ccccc1C1OP(=O)(O)C(O)(Cc2ccc[n+](Cc3ccccc3)c2)P(=O)(O)O1. The van der Waals surface area contributed by atoms with E-state index in [-0.39, 0.29) is 45.3 Å². The van der Waals surface area contributed by atoms with Crippen LogP contribution in [0.2, 0.25) is 0 Å². The molecule has 0 radical (unpaired) electrons.